The minimum Gasteiger partial charge on any atom is -0.383 e. The molecule has 0 aliphatic rings. The zero-order valence-electron chi connectivity index (χ0n) is 13.1. The van der Waals surface area contributed by atoms with Gasteiger partial charge in [0.2, 0.25) is 0 Å². The van der Waals surface area contributed by atoms with E-state index < -0.39 is 0 Å². The van der Waals surface area contributed by atoms with E-state index in [0.717, 1.165) is 22.5 Å². The minimum absolute atomic E-state index is 0.605. The highest BCUT2D eigenvalue weighted by molar-refractivity contribution is 5.87. The summed E-state index contributed by atoms with van der Waals surface area (Å²) in [6.45, 7) is 5.70. The molecule has 23 heavy (non-hydrogen) atoms. The number of nitrogens with zero attached hydrogens (tertiary/aromatic N) is 4. The van der Waals surface area contributed by atoms with Gasteiger partial charge in [0.1, 0.15) is 5.52 Å². The number of ether oxygens (including phenoxy) is 1. The van der Waals surface area contributed by atoms with Crippen molar-refractivity contribution in [2.45, 2.75) is 6.54 Å². The summed E-state index contributed by atoms with van der Waals surface area (Å²) in [5.74, 6) is 1.39. The number of rotatable bonds is 7. The molecule has 6 nitrogen and oxygen atoms in total. The molecule has 0 aliphatic heterocycles. The monoisotopic (exact) mass is 309 g/mol. The molecular weight excluding hydrogens is 290 g/mol. The van der Waals surface area contributed by atoms with Crippen LogP contribution in [0.2, 0.25) is 0 Å². The smallest absolute Gasteiger partial charge is 0.154 e. The fourth-order valence-electron chi connectivity index (χ4n) is 2.41. The molecule has 0 aliphatic carbocycles. The Balaban J connectivity index is 2.00. The quantitative estimate of drug-likeness (QED) is 0.680. The Kier molecular flexibility index (Phi) is 4.63. The van der Waals surface area contributed by atoms with Crippen molar-refractivity contribution in [2.75, 3.05) is 25.6 Å². The fourth-order valence-corrected chi connectivity index (χ4v) is 2.41. The molecule has 0 amide bonds. The molecular formula is C17H19N5O. The topological polar surface area (TPSA) is 64.9 Å². The van der Waals surface area contributed by atoms with Crippen molar-refractivity contribution in [3.05, 3.63) is 54.8 Å². The molecule has 0 saturated heterocycles. The first-order valence-electron chi connectivity index (χ1n) is 7.44. The molecule has 0 spiro atoms. The van der Waals surface area contributed by atoms with E-state index in [9.17, 15) is 0 Å². The largest absolute Gasteiger partial charge is 0.383 e. The Morgan fingerprint density at radius 1 is 1.30 bits per heavy atom. The van der Waals surface area contributed by atoms with Crippen molar-refractivity contribution >= 4 is 22.9 Å². The van der Waals surface area contributed by atoms with Crippen molar-refractivity contribution < 1.29 is 4.74 Å². The van der Waals surface area contributed by atoms with Crippen molar-refractivity contribution in [1.29, 1.82) is 0 Å². The summed E-state index contributed by atoms with van der Waals surface area (Å²) >= 11 is 0. The zero-order chi connectivity index (χ0) is 16.1. The number of methoxy groups -OCH3 is 1. The van der Waals surface area contributed by atoms with E-state index >= 15 is 0 Å². The fraction of sp³-hybridized carbons (Fsp3) is 0.235. The van der Waals surface area contributed by atoms with Crippen molar-refractivity contribution in [1.82, 2.24) is 19.5 Å². The van der Waals surface area contributed by atoms with Gasteiger partial charge >= 0.3 is 0 Å². The third-order valence-electron chi connectivity index (χ3n) is 3.47. The average molecular weight is 309 g/mol. The molecule has 0 bridgehead atoms. The highest BCUT2D eigenvalue weighted by Gasteiger charge is 2.11. The van der Waals surface area contributed by atoms with Gasteiger partial charge in [-0.1, -0.05) is 12.6 Å². The van der Waals surface area contributed by atoms with E-state index in [1.807, 2.05) is 30.5 Å². The van der Waals surface area contributed by atoms with Crippen LogP contribution in [0.25, 0.3) is 17.1 Å². The lowest BCUT2D eigenvalue weighted by molar-refractivity contribution is 0.210. The SMILES string of the molecule is C=Cc1nc(NCCOC)c2c(ccn2Cc2ccccn2)n1. The van der Waals surface area contributed by atoms with Gasteiger partial charge in [0, 0.05) is 26.0 Å². The van der Waals surface area contributed by atoms with Crippen molar-refractivity contribution in [2.24, 2.45) is 0 Å². The Labute approximate surface area is 134 Å². The molecule has 0 atom stereocenters. The number of fused-ring (bicyclic) bond motifs is 1. The van der Waals surface area contributed by atoms with E-state index in [1.165, 1.54) is 0 Å². The number of hydrogen-bond donors (Lipinski definition) is 1. The molecule has 0 unspecified atom stereocenters. The van der Waals surface area contributed by atoms with Gasteiger partial charge in [0.25, 0.3) is 0 Å². The Morgan fingerprint density at radius 2 is 2.22 bits per heavy atom. The maximum absolute atomic E-state index is 5.10. The molecule has 3 aromatic heterocycles. The first-order valence-corrected chi connectivity index (χ1v) is 7.44. The first kappa shape index (κ1) is 15.2. The highest BCUT2D eigenvalue weighted by atomic mass is 16.5. The molecule has 6 heteroatoms. The van der Waals surface area contributed by atoms with Gasteiger partial charge < -0.3 is 14.6 Å². The summed E-state index contributed by atoms with van der Waals surface area (Å²) in [4.78, 5) is 13.4. The van der Waals surface area contributed by atoms with Gasteiger partial charge in [-0.3, -0.25) is 4.98 Å². The summed E-state index contributed by atoms with van der Waals surface area (Å²) in [7, 11) is 1.68. The van der Waals surface area contributed by atoms with E-state index in [0.29, 0.717) is 25.5 Å². The number of aromatic nitrogens is 4. The van der Waals surface area contributed by atoms with E-state index in [1.54, 1.807) is 19.4 Å². The number of nitrogens with one attached hydrogen (secondary N) is 1. The van der Waals surface area contributed by atoms with Crippen LogP contribution in [0.5, 0.6) is 0 Å². The first-order chi connectivity index (χ1) is 11.3. The molecule has 0 aromatic carbocycles. The van der Waals surface area contributed by atoms with Crippen LogP contribution in [-0.4, -0.2) is 39.8 Å². The average Bonchev–Trinajstić information content (AvgIpc) is 2.99. The van der Waals surface area contributed by atoms with Gasteiger partial charge in [0.05, 0.1) is 24.4 Å². The molecule has 0 fully saturated rings. The van der Waals surface area contributed by atoms with Gasteiger partial charge in [-0.25, -0.2) is 9.97 Å². The lowest BCUT2D eigenvalue weighted by atomic mass is 10.3. The van der Waals surface area contributed by atoms with Gasteiger partial charge in [0.15, 0.2) is 11.6 Å². The Morgan fingerprint density at radius 3 is 2.96 bits per heavy atom. The molecule has 0 radical (unpaired) electrons. The van der Waals surface area contributed by atoms with E-state index in [2.05, 4.69) is 31.4 Å². The van der Waals surface area contributed by atoms with Crippen molar-refractivity contribution in [3.8, 4) is 0 Å². The van der Waals surface area contributed by atoms with Gasteiger partial charge in [-0.05, 0) is 24.3 Å². The molecule has 3 aromatic rings. The van der Waals surface area contributed by atoms with E-state index in [-0.39, 0.29) is 0 Å². The predicted octanol–water partition coefficient (Wildman–Crippen LogP) is 2.58. The van der Waals surface area contributed by atoms with Crippen LogP contribution in [-0.2, 0) is 11.3 Å². The van der Waals surface area contributed by atoms with Crippen LogP contribution in [0.3, 0.4) is 0 Å². The molecule has 3 rings (SSSR count). The lowest BCUT2D eigenvalue weighted by Crippen LogP contribution is -2.12. The molecule has 0 saturated carbocycles. The van der Waals surface area contributed by atoms with Crippen LogP contribution in [0.15, 0.2) is 43.2 Å². The minimum atomic E-state index is 0.605. The Bertz CT molecular complexity index is 797. The summed E-state index contributed by atoms with van der Waals surface area (Å²) in [5, 5.41) is 3.31. The van der Waals surface area contributed by atoms with Crippen LogP contribution < -0.4 is 5.32 Å². The van der Waals surface area contributed by atoms with Crippen molar-refractivity contribution in [3.63, 3.8) is 0 Å². The normalized spacial score (nSPS) is 10.8. The summed E-state index contributed by atoms with van der Waals surface area (Å²) < 4.78 is 7.19. The second-order valence-electron chi connectivity index (χ2n) is 5.05. The third kappa shape index (κ3) is 3.37. The summed E-state index contributed by atoms with van der Waals surface area (Å²) in [6, 6.07) is 7.88. The number of pyridine rings is 1. The molecule has 3 heterocycles. The maximum Gasteiger partial charge on any atom is 0.154 e. The van der Waals surface area contributed by atoms with Crippen LogP contribution in [0.1, 0.15) is 11.5 Å². The van der Waals surface area contributed by atoms with E-state index in [4.69, 9.17) is 4.74 Å². The van der Waals surface area contributed by atoms with Crippen LogP contribution >= 0.6 is 0 Å². The Hall–Kier alpha value is -2.73. The van der Waals surface area contributed by atoms with Gasteiger partial charge in [-0.15, -0.1) is 0 Å². The number of hydrogen-bond acceptors (Lipinski definition) is 5. The van der Waals surface area contributed by atoms with Crippen LogP contribution in [0.4, 0.5) is 5.82 Å². The summed E-state index contributed by atoms with van der Waals surface area (Å²) in [5.41, 5.74) is 2.82. The van der Waals surface area contributed by atoms with Gasteiger partial charge in [-0.2, -0.15) is 0 Å². The standard InChI is InChI=1S/C17H19N5O/c1-3-15-20-14-7-10-22(12-13-6-4-5-8-18-13)16(14)17(21-15)19-9-11-23-2/h3-8,10H,1,9,11-12H2,2H3,(H,19,20,21). The molecule has 1 N–H and O–H groups in total. The third-order valence-corrected chi connectivity index (χ3v) is 3.47. The van der Waals surface area contributed by atoms with Crippen LogP contribution in [0, 0.1) is 0 Å². The second-order valence-corrected chi connectivity index (χ2v) is 5.05. The number of anilines is 1. The highest BCUT2D eigenvalue weighted by Crippen LogP contribution is 2.23. The predicted molar refractivity (Wildman–Crippen MR) is 91.3 cm³/mol. The zero-order valence-corrected chi connectivity index (χ0v) is 13.1. The maximum atomic E-state index is 5.10. The second kappa shape index (κ2) is 7.02. The summed E-state index contributed by atoms with van der Waals surface area (Å²) in [6.07, 6.45) is 5.45. The molecule has 118 valence electrons. The lowest BCUT2D eigenvalue weighted by Gasteiger charge is -2.11.